The maximum Gasteiger partial charge on any atom is 3.00 e. The van der Waals surface area contributed by atoms with Crippen LogP contribution in [-0.2, 0) is 32.7 Å². The van der Waals surface area contributed by atoms with Gasteiger partial charge in [0.2, 0.25) is 0 Å². The Morgan fingerprint density at radius 1 is 1.38 bits per heavy atom. The van der Waals surface area contributed by atoms with Crippen molar-refractivity contribution in [2.45, 2.75) is 34.1 Å². The summed E-state index contributed by atoms with van der Waals surface area (Å²) in [6.45, 7) is 8.86. The van der Waals surface area contributed by atoms with Gasteiger partial charge in [-0.25, -0.2) is 0 Å². The van der Waals surface area contributed by atoms with Crippen molar-refractivity contribution in [3.8, 4) is 0 Å². The van der Waals surface area contributed by atoms with Crippen LogP contribution in [0.5, 0.6) is 0 Å². The van der Waals surface area contributed by atoms with E-state index in [1.165, 1.54) is 6.42 Å². The second-order valence-corrected chi connectivity index (χ2v) is 2.39. The second-order valence-electron chi connectivity index (χ2n) is 2.39. The van der Waals surface area contributed by atoms with E-state index >= 15 is 0 Å². The van der Waals surface area contributed by atoms with Crippen molar-refractivity contribution in [2.75, 3.05) is 0 Å². The maximum absolute atomic E-state index is 2.26. The fraction of sp³-hybridized carbons (Fsp3) is 0.857. The molecule has 1 heteroatoms. The van der Waals surface area contributed by atoms with Gasteiger partial charge >= 0.3 is 32.7 Å². The molecule has 1 unspecified atom stereocenters. The van der Waals surface area contributed by atoms with Gasteiger partial charge in [0.05, 0.1) is 0 Å². The summed E-state index contributed by atoms with van der Waals surface area (Å²) in [4.78, 5) is 0. The van der Waals surface area contributed by atoms with Crippen LogP contribution >= 0.6 is 0 Å². The molecule has 0 rings (SSSR count). The van der Waals surface area contributed by atoms with E-state index in [9.17, 15) is 0 Å². The van der Waals surface area contributed by atoms with Crippen molar-refractivity contribution >= 4 is 0 Å². The van der Waals surface area contributed by atoms with Crippen molar-refractivity contribution in [1.29, 1.82) is 0 Å². The van der Waals surface area contributed by atoms with Gasteiger partial charge in [-0.15, -0.1) is 0 Å². The van der Waals surface area contributed by atoms with Crippen LogP contribution in [0.15, 0.2) is 0 Å². The molecule has 0 aliphatic heterocycles. The van der Waals surface area contributed by atoms with E-state index < -0.39 is 0 Å². The minimum absolute atomic E-state index is 0. The van der Waals surface area contributed by atoms with E-state index in [2.05, 4.69) is 27.7 Å². The average molecular weight is 188 g/mol. The Labute approximate surface area is 78.3 Å². The summed E-state index contributed by atoms with van der Waals surface area (Å²) in [5, 5.41) is 0. The summed E-state index contributed by atoms with van der Waals surface area (Å²) >= 11 is 0. The molecule has 0 saturated heterocycles. The maximum atomic E-state index is 2.26. The molecule has 0 fully saturated rings. The molecule has 0 heterocycles. The molecule has 0 bridgehead atoms. The summed E-state index contributed by atoms with van der Waals surface area (Å²) < 4.78 is 0. The van der Waals surface area contributed by atoms with Gasteiger partial charge in [0.15, 0.2) is 0 Å². The Bertz CT molecular complexity index is 41.7. The largest absolute Gasteiger partial charge is 3.00 e. The van der Waals surface area contributed by atoms with Gasteiger partial charge in [-0.2, -0.15) is 19.8 Å². The summed E-state index contributed by atoms with van der Waals surface area (Å²) in [6.07, 6.45) is 1.28. The Balaban J connectivity index is 0. The molecule has 0 aliphatic rings. The van der Waals surface area contributed by atoms with Crippen LogP contribution in [0, 0.1) is 11.8 Å². The predicted octanol–water partition coefficient (Wildman–Crippen LogP) is 2.64. The molecule has 0 aromatic rings. The zero-order chi connectivity index (χ0) is 5.86. The molecule has 8 heavy (non-hydrogen) atoms. The Morgan fingerprint density at radius 2 is 1.75 bits per heavy atom. The molecular formula is C7H15Y+2. The SMILES string of the molecule is CCC(C)[C-](C)C.[Y+3]. The number of rotatable bonds is 2. The van der Waals surface area contributed by atoms with Crippen molar-refractivity contribution in [2.24, 2.45) is 5.92 Å². The minimum Gasteiger partial charge on any atom is -0.317 e. The molecule has 0 radical (unpaired) electrons. The summed E-state index contributed by atoms with van der Waals surface area (Å²) in [6, 6.07) is 0. The zero-order valence-electron chi connectivity index (χ0n) is 6.36. The normalized spacial score (nSPS) is 13.1. The summed E-state index contributed by atoms with van der Waals surface area (Å²) in [5.74, 6) is 2.36. The van der Waals surface area contributed by atoms with Crippen LogP contribution in [0.25, 0.3) is 0 Å². The van der Waals surface area contributed by atoms with Gasteiger partial charge in [0.1, 0.15) is 0 Å². The average Bonchev–Trinajstić information content (AvgIpc) is 1.65. The Morgan fingerprint density at radius 3 is 1.75 bits per heavy atom. The zero-order valence-corrected chi connectivity index (χ0v) is 9.20. The van der Waals surface area contributed by atoms with Crippen LogP contribution in [0.4, 0.5) is 0 Å². The van der Waals surface area contributed by atoms with Gasteiger partial charge in [-0.05, 0) is 0 Å². The first kappa shape index (κ1) is 11.8. The Hall–Kier alpha value is 1.10. The van der Waals surface area contributed by atoms with Gasteiger partial charge in [-0.3, -0.25) is 0 Å². The first-order chi connectivity index (χ1) is 3.18. The van der Waals surface area contributed by atoms with E-state index in [0.29, 0.717) is 0 Å². The van der Waals surface area contributed by atoms with Crippen molar-refractivity contribution in [3.05, 3.63) is 5.92 Å². The van der Waals surface area contributed by atoms with Crippen LogP contribution in [0.2, 0.25) is 0 Å². The monoisotopic (exact) mass is 188 g/mol. The van der Waals surface area contributed by atoms with Crippen LogP contribution in [0.3, 0.4) is 0 Å². The van der Waals surface area contributed by atoms with E-state index in [-0.39, 0.29) is 32.7 Å². The van der Waals surface area contributed by atoms with Gasteiger partial charge in [-0.1, -0.05) is 20.3 Å². The van der Waals surface area contributed by atoms with Crippen LogP contribution in [0.1, 0.15) is 34.1 Å². The smallest absolute Gasteiger partial charge is 0.317 e. The predicted molar refractivity (Wildman–Crippen MR) is 34.0 cm³/mol. The van der Waals surface area contributed by atoms with Crippen molar-refractivity contribution < 1.29 is 32.7 Å². The first-order valence-electron chi connectivity index (χ1n) is 2.98. The van der Waals surface area contributed by atoms with Gasteiger partial charge in [0, 0.05) is 0 Å². The van der Waals surface area contributed by atoms with E-state index in [4.69, 9.17) is 0 Å². The van der Waals surface area contributed by atoms with Crippen molar-refractivity contribution in [3.63, 3.8) is 0 Å². The topological polar surface area (TPSA) is 0 Å². The number of hydrogen-bond donors (Lipinski definition) is 0. The third-order valence-corrected chi connectivity index (χ3v) is 1.60. The molecule has 0 saturated carbocycles. The number of hydrogen-bond acceptors (Lipinski definition) is 0. The molecule has 0 aromatic carbocycles. The summed E-state index contributed by atoms with van der Waals surface area (Å²) in [7, 11) is 0. The van der Waals surface area contributed by atoms with E-state index in [1.54, 1.807) is 5.92 Å². The second kappa shape index (κ2) is 6.23. The molecule has 0 N–H and O–H groups in total. The van der Waals surface area contributed by atoms with E-state index in [1.807, 2.05) is 0 Å². The van der Waals surface area contributed by atoms with Crippen molar-refractivity contribution in [1.82, 2.24) is 0 Å². The fourth-order valence-electron chi connectivity index (χ4n) is 0.408. The molecule has 0 spiro atoms. The molecule has 0 aromatic heterocycles. The molecule has 44 valence electrons. The quantitative estimate of drug-likeness (QED) is 0.584. The Kier molecular flexibility index (Phi) is 9.22. The van der Waals surface area contributed by atoms with Gasteiger partial charge in [0.25, 0.3) is 0 Å². The standard InChI is InChI=1S/C7H15.Y/c1-5-7(4)6(2)3;/h7H,5H2,1-4H3;/q-1;+3. The first-order valence-corrected chi connectivity index (χ1v) is 2.98. The third-order valence-electron chi connectivity index (χ3n) is 1.60. The van der Waals surface area contributed by atoms with Gasteiger partial charge < -0.3 is 5.92 Å². The van der Waals surface area contributed by atoms with Crippen LogP contribution < -0.4 is 0 Å². The van der Waals surface area contributed by atoms with E-state index in [0.717, 1.165) is 5.92 Å². The molecule has 1 atom stereocenters. The third kappa shape index (κ3) is 5.24. The summed E-state index contributed by atoms with van der Waals surface area (Å²) in [5.41, 5.74) is 0. The minimum atomic E-state index is 0. The molecule has 0 nitrogen and oxygen atoms in total. The molecule has 0 amide bonds. The fourth-order valence-corrected chi connectivity index (χ4v) is 0.408. The molecule has 0 aliphatic carbocycles. The van der Waals surface area contributed by atoms with Crippen LogP contribution in [-0.4, -0.2) is 0 Å². The molecular weight excluding hydrogens is 173 g/mol.